The van der Waals surface area contributed by atoms with Gasteiger partial charge < -0.3 is 15.6 Å². The second-order valence-electron chi connectivity index (χ2n) is 3.89. The Bertz CT molecular complexity index is 487. The zero-order chi connectivity index (χ0) is 13.1. The first kappa shape index (κ1) is 12.5. The molecule has 1 aromatic rings. The number of nitrogens with zero attached hydrogens (tertiary/aromatic N) is 1. The maximum atomic E-state index is 11.8. The number of anilines is 1. The van der Waals surface area contributed by atoms with Crippen molar-refractivity contribution >= 4 is 17.5 Å². The van der Waals surface area contributed by atoms with Gasteiger partial charge in [-0.15, -0.1) is 0 Å². The summed E-state index contributed by atoms with van der Waals surface area (Å²) in [6.45, 7) is -0.162. The van der Waals surface area contributed by atoms with E-state index in [4.69, 9.17) is 15.6 Å². The van der Waals surface area contributed by atoms with Gasteiger partial charge in [-0.05, 0) is 17.7 Å². The average molecular weight is 250 g/mol. The minimum absolute atomic E-state index is 0.0992. The summed E-state index contributed by atoms with van der Waals surface area (Å²) in [7, 11) is 0. The van der Waals surface area contributed by atoms with Crippen LogP contribution >= 0.6 is 0 Å². The summed E-state index contributed by atoms with van der Waals surface area (Å²) in [6.07, 6.45) is -0.0992. The van der Waals surface area contributed by atoms with Crippen molar-refractivity contribution < 1.29 is 19.4 Å². The quantitative estimate of drug-likeness (QED) is 0.773. The highest BCUT2D eigenvalue weighted by molar-refractivity contribution is 6.17. The monoisotopic (exact) mass is 250 g/mol. The number of ether oxygens (including phenoxy) is 1. The lowest BCUT2D eigenvalue weighted by Crippen LogP contribution is -2.43. The third kappa shape index (κ3) is 2.20. The van der Waals surface area contributed by atoms with E-state index < -0.39 is 11.8 Å². The van der Waals surface area contributed by atoms with E-state index in [1.165, 1.54) is 0 Å². The third-order valence-corrected chi connectivity index (χ3v) is 2.68. The summed E-state index contributed by atoms with van der Waals surface area (Å²) < 4.78 is 5.25. The minimum atomic E-state index is -0.443. The number of benzene rings is 1. The Kier molecular flexibility index (Phi) is 3.59. The molecule has 0 bridgehead atoms. The Balaban J connectivity index is 2.42. The molecule has 2 rings (SSSR count). The maximum Gasteiger partial charge on any atom is 0.271 e. The van der Waals surface area contributed by atoms with Crippen LogP contribution in [0.3, 0.4) is 0 Å². The Hall–Kier alpha value is -1.92. The summed E-state index contributed by atoms with van der Waals surface area (Å²) in [5.41, 5.74) is 6.72. The van der Waals surface area contributed by atoms with Crippen LogP contribution in [-0.2, 0) is 16.1 Å². The third-order valence-electron chi connectivity index (χ3n) is 2.68. The van der Waals surface area contributed by atoms with Gasteiger partial charge in [0.2, 0.25) is 5.91 Å². The van der Waals surface area contributed by atoms with E-state index >= 15 is 0 Å². The number of rotatable bonds is 3. The van der Waals surface area contributed by atoms with Crippen LogP contribution < -0.4 is 15.4 Å². The Labute approximate surface area is 104 Å². The van der Waals surface area contributed by atoms with Crippen molar-refractivity contribution in [2.24, 2.45) is 5.73 Å². The Morgan fingerprint density at radius 1 is 1.50 bits per heavy atom. The molecule has 0 radical (unpaired) electrons. The van der Waals surface area contributed by atoms with Gasteiger partial charge in [-0.25, -0.2) is 4.90 Å². The van der Waals surface area contributed by atoms with Crippen molar-refractivity contribution in [2.45, 2.75) is 13.0 Å². The van der Waals surface area contributed by atoms with E-state index in [0.717, 1.165) is 10.5 Å². The van der Waals surface area contributed by atoms with E-state index in [0.29, 0.717) is 18.0 Å². The zero-order valence-corrected chi connectivity index (χ0v) is 9.76. The SMILES string of the molecule is NCc1ccc2c(c1)N(C(=O)CCO)C(=O)CO2. The van der Waals surface area contributed by atoms with Crippen LogP contribution in [0.5, 0.6) is 5.75 Å². The Morgan fingerprint density at radius 2 is 2.28 bits per heavy atom. The predicted octanol–water partition coefficient (Wildman–Crippen LogP) is -0.220. The number of hydrogen-bond donors (Lipinski definition) is 2. The van der Waals surface area contributed by atoms with Gasteiger partial charge in [-0.1, -0.05) is 6.07 Å². The summed E-state index contributed by atoms with van der Waals surface area (Å²) in [6, 6.07) is 5.12. The van der Waals surface area contributed by atoms with Crippen LogP contribution in [0.25, 0.3) is 0 Å². The molecular weight excluding hydrogens is 236 g/mol. The first-order valence-corrected chi connectivity index (χ1v) is 5.60. The topological polar surface area (TPSA) is 92.9 Å². The maximum absolute atomic E-state index is 11.8. The molecule has 0 atom stereocenters. The van der Waals surface area contributed by atoms with Crippen LogP contribution in [0.2, 0.25) is 0 Å². The van der Waals surface area contributed by atoms with Gasteiger partial charge in [0, 0.05) is 6.54 Å². The second kappa shape index (κ2) is 5.16. The number of imide groups is 1. The number of carbonyl (C=O) groups is 2. The van der Waals surface area contributed by atoms with Crippen molar-refractivity contribution in [1.82, 2.24) is 0 Å². The van der Waals surface area contributed by atoms with E-state index in [1.807, 2.05) is 0 Å². The number of aliphatic hydroxyl groups excluding tert-OH is 1. The number of amides is 2. The molecule has 3 N–H and O–H groups in total. The van der Waals surface area contributed by atoms with E-state index in [9.17, 15) is 9.59 Å². The molecule has 6 nitrogen and oxygen atoms in total. The lowest BCUT2D eigenvalue weighted by atomic mass is 10.1. The summed E-state index contributed by atoms with van der Waals surface area (Å²) in [5, 5.41) is 8.79. The number of aliphatic hydroxyl groups is 1. The molecule has 1 heterocycles. The molecule has 0 saturated heterocycles. The molecule has 2 amide bonds. The largest absolute Gasteiger partial charge is 0.482 e. The van der Waals surface area contributed by atoms with Gasteiger partial charge in [0.15, 0.2) is 6.61 Å². The molecule has 6 heteroatoms. The van der Waals surface area contributed by atoms with Crippen LogP contribution in [0, 0.1) is 0 Å². The van der Waals surface area contributed by atoms with Crippen LogP contribution in [0.1, 0.15) is 12.0 Å². The van der Waals surface area contributed by atoms with Gasteiger partial charge in [0.25, 0.3) is 5.91 Å². The van der Waals surface area contributed by atoms with Crippen molar-refractivity contribution in [3.05, 3.63) is 23.8 Å². The Morgan fingerprint density at radius 3 is 2.94 bits per heavy atom. The summed E-state index contributed by atoms with van der Waals surface area (Å²) in [5.74, 6) is -0.408. The minimum Gasteiger partial charge on any atom is -0.482 e. The highest BCUT2D eigenvalue weighted by Crippen LogP contribution is 2.33. The fourth-order valence-electron chi connectivity index (χ4n) is 1.81. The first-order valence-electron chi connectivity index (χ1n) is 5.60. The van der Waals surface area contributed by atoms with Crippen LogP contribution in [-0.4, -0.2) is 30.1 Å². The molecule has 96 valence electrons. The molecule has 18 heavy (non-hydrogen) atoms. The fraction of sp³-hybridized carbons (Fsp3) is 0.333. The molecule has 0 saturated carbocycles. The van der Waals surface area contributed by atoms with Crippen molar-refractivity contribution in [3.63, 3.8) is 0 Å². The van der Waals surface area contributed by atoms with Crippen LogP contribution in [0.4, 0.5) is 5.69 Å². The summed E-state index contributed by atoms with van der Waals surface area (Å²) in [4.78, 5) is 24.6. The lowest BCUT2D eigenvalue weighted by molar-refractivity contribution is -0.128. The van der Waals surface area contributed by atoms with Gasteiger partial charge >= 0.3 is 0 Å². The number of nitrogens with two attached hydrogens (primary N) is 1. The molecule has 0 aliphatic carbocycles. The molecule has 0 fully saturated rings. The van der Waals surface area contributed by atoms with Gasteiger partial charge in [0.1, 0.15) is 5.75 Å². The average Bonchev–Trinajstić information content (AvgIpc) is 2.38. The number of carbonyl (C=O) groups excluding carboxylic acids is 2. The summed E-state index contributed by atoms with van der Waals surface area (Å²) >= 11 is 0. The molecule has 0 unspecified atom stereocenters. The number of fused-ring (bicyclic) bond motifs is 1. The van der Waals surface area contributed by atoms with Gasteiger partial charge in [-0.3, -0.25) is 9.59 Å². The van der Waals surface area contributed by atoms with Crippen molar-refractivity contribution in [3.8, 4) is 5.75 Å². The normalized spacial score (nSPS) is 14.1. The lowest BCUT2D eigenvalue weighted by Gasteiger charge is -2.28. The van der Waals surface area contributed by atoms with E-state index in [-0.39, 0.29) is 19.6 Å². The molecule has 0 aromatic heterocycles. The number of hydrogen-bond acceptors (Lipinski definition) is 5. The smallest absolute Gasteiger partial charge is 0.271 e. The van der Waals surface area contributed by atoms with Crippen LogP contribution in [0.15, 0.2) is 18.2 Å². The molecule has 1 aliphatic rings. The highest BCUT2D eigenvalue weighted by Gasteiger charge is 2.30. The van der Waals surface area contributed by atoms with E-state index in [2.05, 4.69) is 0 Å². The predicted molar refractivity (Wildman–Crippen MR) is 64.0 cm³/mol. The molecular formula is C12H14N2O4. The second-order valence-corrected chi connectivity index (χ2v) is 3.89. The fourth-order valence-corrected chi connectivity index (χ4v) is 1.81. The van der Waals surface area contributed by atoms with Crippen molar-refractivity contribution in [1.29, 1.82) is 0 Å². The molecule has 1 aliphatic heterocycles. The molecule has 0 spiro atoms. The highest BCUT2D eigenvalue weighted by atomic mass is 16.5. The van der Waals surface area contributed by atoms with E-state index in [1.54, 1.807) is 18.2 Å². The molecule has 1 aromatic carbocycles. The van der Waals surface area contributed by atoms with Crippen molar-refractivity contribution in [2.75, 3.05) is 18.1 Å². The first-order chi connectivity index (χ1) is 8.67. The standard InChI is InChI=1S/C12H14N2O4/c13-6-8-1-2-10-9(5-8)14(11(16)3-4-15)12(17)7-18-10/h1-2,5,15H,3-4,6-7,13H2. The van der Waals surface area contributed by atoms with Gasteiger partial charge in [-0.2, -0.15) is 0 Å². The van der Waals surface area contributed by atoms with Gasteiger partial charge in [0.05, 0.1) is 18.7 Å². The zero-order valence-electron chi connectivity index (χ0n) is 9.76.